The molecule has 0 aliphatic rings. The number of hydrogen-bond donors (Lipinski definition) is 1. The maximum Gasteiger partial charge on any atom is 0.360 e. The molecule has 0 saturated carbocycles. The molecule has 5 heteroatoms. The van der Waals surface area contributed by atoms with E-state index in [0.717, 1.165) is 11.4 Å². The monoisotopic (exact) mass is 252 g/mol. The van der Waals surface area contributed by atoms with Crippen LogP contribution in [0.2, 0.25) is 0 Å². The number of nitrogens with one attached hydrogen (secondary N) is 1. The molecular weight excluding hydrogens is 236 g/mol. The van der Waals surface area contributed by atoms with E-state index in [2.05, 4.69) is 16.2 Å². The minimum absolute atomic E-state index is 0.161. The summed E-state index contributed by atoms with van der Waals surface area (Å²) in [6, 6.07) is 0.161. The molecule has 1 N–H and O–H groups in total. The molecule has 0 bridgehead atoms. The van der Waals surface area contributed by atoms with Gasteiger partial charge in [-0.15, -0.1) is 23.7 Å². The van der Waals surface area contributed by atoms with Crippen molar-refractivity contribution in [1.82, 2.24) is 4.98 Å². The largest absolute Gasteiger partial charge is 0.461 e. The number of esters is 1. The van der Waals surface area contributed by atoms with Crippen molar-refractivity contribution in [3.63, 3.8) is 0 Å². The molecule has 0 aliphatic carbocycles. The third-order valence-electron chi connectivity index (χ3n) is 2.23. The van der Waals surface area contributed by atoms with E-state index in [9.17, 15) is 4.79 Å². The number of terminal acetylenes is 1. The fourth-order valence-electron chi connectivity index (χ4n) is 1.32. The van der Waals surface area contributed by atoms with Gasteiger partial charge >= 0.3 is 5.97 Å². The molecule has 0 radical (unpaired) electrons. The maximum absolute atomic E-state index is 11.6. The highest BCUT2D eigenvalue weighted by molar-refractivity contribution is 7.14. The molecule has 0 amide bonds. The number of nitrogens with zero attached hydrogens (tertiary/aromatic N) is 1. The van der Waals surface area contributed by atoms with Crippen molar-refractivity contribution >= 4 is 22.3 Å². The Balaban J connectivity index is 2.75. The Hall–Kier alpha value is -1.54. The minimum Gasteiger partial charge on any atom is -0.461 e. The van der Waals surface area contributed by atoms with Gasteiger partial charge in [-0.25, -0.2) is 9.78 Å². The average Bonchev–Trinajstić information content (AvgIpc) is 2.77. The van der Waals surface area contributed by atoms with Gasteiger partial charge in [0.2, 0.25) is 0 Å². The first-order chi connectivity index (χ1) is 8.22. The van der Waals surface area contributed by atoms with Crippen molar-refractivity contribution in [1.29, 1.82) is 0 Å². The number of rotatable bonds is 6. The molecular formula is C12H16N2O2S. The highest BCUT2D eigenvalue weighted by atomic mass is 32.1. The molecule has 0 fully saturated rings. The lowest BCUT2D eigenvalue weighted by atomic mass is 10.1. The van der Waals surface area contributed by atoms with Gasteiger partial charge in [0.15, 0.2) is 5.69 Å². The molecule has 1 rings (SSSR count). The SMILES string of the molecule is C#CCC(CC)Nc1scnc1C(=O)OCC. The van der Waals surface area contributed by atoms with Crippen LogP contribution in [0.5, 0.6) is 0 Å². The third-order valence-corrected chi connectivity index (χ3v) is 2.99. The third kappa shape index (κ3) is 3.75. The van der Waals surface area contributed by atoms with E-state index in [1.54, 1.807) is 12.4 Å². The predicted molar refractivity (Wildman–Crippen MR) is 69.2 cm³/mol. The summed E-state index contributed by atoms with van der Waals surface area (Å²) in [5, 5.41) is 3.96. The van der Waals surface area contributed by atoms with E-state index in [0.29, 0.717) is 18.7 Å². The maximum atomic E-state index is 11.6. The van der Waals surface area contributed by atoms with Crippen LogP contribution in [0.1, 0.15) is 37.2 Å². The van der Waals surface area contributed by atoms with Gasteiger partial charge in [-0.2, -0.15) is 0 Å². The van der Waals surface area contributed by atoms with E-state index in [1.165, 1.54) is 11.3 Å². The first kappa shape index (κ1) is 13.5. The van der Waals surface area contributed by atoms with Crippen LogP contribution in [0.15, 0.2) is 5.51 Å². The lowest BCUT2D eigenvalue weighted by molar-refractivity contribution is 0.0521. The molecule has 0 aromatic carbocycles. The molecule has 92 valence electrons. The number of aromatic nitrogens is 1. The average molecular weight is 252 g/mol. The minimum atomic E-state index is -0.396. The summed E-state index contributed by atoms with van der Waals surface area (Å²) in [5.74, 6) is 2.21. The Morgan fingerprint density at radius 2 is 2.47 bits per heavy atom. The number of thiazole rings is 1. The van der Waals surface area contributed by atoms with Crippen LogP contribution in [0, 0.1) is 12.3 Å². The first-order valence-electron chi connectivity index (χ1n) is 5.53. The lowest BCUT2D eigenvalue weighted by Crippen LogP contribution is -2.19. The Bertz CT molecular complexity index is 409. The normalized spacial score (nSPS) is 11.6. The summed E-state index contributed by atoms with van der Waals surface area (Å²) in [6.07, 6.45) is 6.80. The zero-order chi connectivity index (χ0) is 12.7. The number of carbonyl (C=O) groups excluding carboxylic acids is 1. The molecule has 1 aromatic heterocycles. The smallest absolute Gasteiger partial charge is 0.360 e. The van der Waals surface area contributed by atoms with Crippen LogP contribution in [0.4, 0.5) is 5.00 Å². The number of carbonyl (C=O) groups is 1. The van der Waals surface area contributed by atoms with Crippen molar-refractivity contribution in [3.8, 4) is 12.3 Å². The Morgan fingerprint density at radius 3 is 3.06 bits per heavy atom. The second-order valence-electron chi connectivity index (χ2n) is 3.41. The summed E-state index contributed by atoms with van der Waals surface area (Å²) in [5.41, 5.74) is 1.96. The fourth-order valence-corrected chi connectivity index (χ4v) is 2.06. The Morgan fingerprint density at radius 1 is 1.71 bits per heavy atom. The van der Waals surface area contributed by atoms with Crippen LogP contribution in [-0.2, 0) is 4.74 Å². The molecule has 4 nitrogen and oxygen atoms in total. The van der Waals surface area contributed by atoms with Crippen LogP contribution in [-0.4, -0.2) is 23.6 Å². The van der Waals surface area contributed by atoms with Gasteiger partial charge in [-0.1, -0.05) is 6.92 Å². The van der Waals surface area contributed by atoms with E-state index in [4.69, 9.17) is 11.2 Å². The van der Waals surface area contributed by atoms with Gasteiger partial charge in [-0.05, 0) is 13.3 Å². The van der Waals surface area contributed by atoms with Crippen molar-refractivity contribution in [2.75, 3.05) is 11.9 Å². The molecule has 1 heterocycles. The van der Waals surface area contributed by atoms with Gasteiger partial charge in [0, 0.05) is 12.5 Å². The van der Waals surface area contributed by atoms with Crippen LogP contribution in [0.3, 0.4) is 0 Å². The van der Waals surface area contributed by atoms with Crippen molar-refractivity contribution in [2.24, 2.45) is 0 Å². The standard InChI is InChI=1S/C12H16N2O2S/c1-4-7-9(5-2)14-11-10(13-8-17-11)12(15)16-6-3/h1,8-9,14H,5-7H2,2-3H3. The first-order valence-corrected chi connectivity index (χ1v) is 6.41. The van der Waals surface area contributed by atoms with Crippen LogP contribution >= 0.6 is 11.3 Å². The Labute approximate surface area is 105 Å². The van der Waals surface area contributed by atoms with E-state index in [1.807, 2.05) is 6.92 Å². The molecule has 17 heavy (non-hydrogen) atoms. The van der Waals surface area contributed by atoms with Crippen LogP contribution in [0.25, 0.3) is 0 Å². The molecule has 0 aliphatic heterocycles. The zero-order valence-corrected chi connectivity index (χ0v) is 10.8. The van der Waals surface area contributed by atoms with Crippen molar-refractivity contribution < 1.29 is 9.53 Å². The van der Waals surface area contributed by atoms with E-state index in [-0.39, 0.29) is 6.04 Å². The summed E-state index contributed by atoms with van der Waals surface area (Å²) in [4.78, 5) is 15.6. The fraction of sp³-hybridized carbons (Fsp3) is 0.500. The predicted octanol–water partition coefficient (Wildman–Crippen LogP) is 2.53. The van der Waals surface area contributed by atoms with E-state index >= 15 is 0 Å². The van der Waals surface area contributed by atoms with Gasteiger partial charge in [-0.3, -0.25) is 0 Å². The highest BCUT2D eigenvalue weighted by Crippen LogP contribution is 2.23. The van der Waals surface area contributed by atoms with Gasteiger partial charge in [0.25, 0.3) is 0 Å². The Kier molecular flexibility index (Phi) is 5.50. The number of hydrogen-bond acceptors (Lipinski definition) is 5. The topological polar surface area (TPSA) is 51.2 Å². The summed E-state index contributed by atoms with van der Waals surface area (Å²) >= 11 is 1.38. The lowest BCUT2D eigenvalue weighted by Gasteiger charge is -2.14. The summed E-state index contributed by atoms with van der Waals surface area (Å²) < 4.78 is 4.93. The molecule has 1 atom stereocenters. The second kappa shape index (κ2) is 6.92. The second-order valence-corrected chi connectivity index (χ2v) is 4.26. The van der Waals surface area contributed by atoms with E-state index < -0.39 is 5.97 Å². The van der Waals surface area contributed by atoms with Crippen molar-refractivity contribution in [2.45, 2.75) is 32.7 Å². The summed E-state index contributed by atoms with van der Waals surface area (Å²) in [6.45, 7) is 4.15. The van der Waals surface area contributed by atoms with Crippen molar-refractivity contribution in [3.05, 3.63) is 11.2 Å². The van der Waals surface area contributed by atoms with Gasteiger partial charge in [0.1, 0.15) is 5.00 Å². The quantitative estimate of drug-likeness (QED) is 0.624. The van der Waals surface area contributed by atoms with Crippen LogP contribution < -0.4 is 5.32 Å². The number of anilines is 1. The molecule has 0 saturated heterocycles. The number of ether oxygens (including phenoxy) is 1. The molecule has 0 spiro atoms. The highest BCUT2D eigenvalue weighted by Gasteiger charge is 2.17. The molecule has 1 aromatic rings. The summed E-state index contributed by atoms with van der Waals surface area (Å²) in [7, 11) is 0. The van der Waals surface area contributed by atoms with Gasteiger partial charge in [0.05, 0.1) is 12.1 Å². The molecule has 1 unspecified atom stereocenters. The van der Waals surface area contributed by atoms with Gasteiger partial charge < -0.3 is 10.1 Å². The zero-order valence-electron chi connectivity index (χ0n) is 10.0.